The number of sulfone groups is 1. The molecule has 7 heteroatoms. The van der Waals surface area contributed by atoms with Crippen molar-refractivity contribution in [1.82, 2.24) is 4.90 Å². The van der Waals surface area contributed by atoms with Crippen LogP contribution in [-0.4, -0.2) is 55.1 Å². The molecule has 5 nitrogen and oxygen atoms in total. The van der Waals surface area contributed by atoms with E-state index in [1.165, 1.54) is 0 Å². The van der Waals surface area contributed by atoms with E-state index in [1.54, 1.807) is 12.1 Å². The molecule has 1 saturated heterocycles. The van der Waals surface area contributed by atoms with Crippen molar-refractivity contribution in [3.05, 3.63) is 29.8 Å². The number of hydrogen-bond donors (Lipinski definition) is 2. The van der Waals surface area contributed by atoms with Crippen molar-refractivity contribution in [2.45, 2.75) is 19.0 Å². The van der Waals surface area contributed by atoms with Gasteiger partial charge in [-0.25, -0.2) is 8.42 Å². The normalized spacial score (nSPS) is 21.8. The summed E-state index contributed by atoms with van der Waals surface area (Å²) in [5, 5.41) is 18.0. The van der Waals surface area contributed by atoms with Crippen LogP contribution >= 0.6 is 0 Å². The van der Waals surface area contributed by atoms with Gasteiger partial charge in [-0.15, -0.1) is 0 Å². The summed E-state index contributed by atoms with van der Waals surface area (Å²) in [6, 6.07) is 7.06. The molecule has 2 rings (SSSR count). The van der Waals surface area contributed by atoms with Gasteiger partial charge in [0.25, 0.3) is 0 Å². The fourth-order valence-electron chi connectivity index (χ4n) is 2.34. The molecule has 19 heavy (non-hydrogen) atoms. The van der Waals surface area contributed by atoms with Crippen molar-refractivity contribution in [2.24, 2.45) is 0 Å². The van der Waals surface area contributed by atoms with Crippen molar-refractivity contribution in [3.63, 3.8) is 0 Å². The van der Waals surface area contributed by atoms with Gasteiger partial charge >= 0.3 is 7.12 Å². The van der Waals surface area contributed by atoms with Crippen molar-refractivity contribution < 1.29 is 18.5 Å². The van der Waals surface area contributed by atoms with E-state index in [2.05, 4.69) is 0 Å². The maximum atomic E-state index is 11.4. The Balaban J connectivity index is 1.97. The lowest BCUT2D eigenvalue weighted by Gasteiger charge is -2.23. The minimum absolute atomic E-state index is 0.0770. The summed E-state index contributed by atoms with van der Waals surface area (Å²) in [6.45, 7) is 0.655. The first-order chi connectivity index (χ1) is 8.87. The quantitative estimate of drug-likeness (QED) is 0.692. The molecule has 1 aliphatic heterocycles. The van der Waals surface area contributed by atoms with Gasteiger partial charge in [0.1, 0.15) is 0 Å². The molecule has 1 unspecified atom stereocenters. The minimum atomic E-state index is -2.86. The topological polar surface area (TPSA) is 77.8 Å². The van der Waals surface area contributed by atoms with Crippen LogP contribution in [0.1, 0.15) is 12.0 Å². The average molecular weight is 283 g/mol. The molecule has 104 valence electrons. The molecule has 0 spiro atoms. The van der Waals surface area contributed by atoms with Gasteiger partial charge in [-0.1, -0.05) is 24.3 Å². The monoisotopic (exact) mass is 283 g/mol. The minimum Gasteiger partial charge on any atom is -0.423 e. The smallest absolute Gasteiger partial charge is 0.423 e. The van der Waals surface area contributed by atoms with Gasteiger partial charge < -0.3 is 10.0 Å². The predicted octanol–water partition coefficient (Wildman–Crippen LogP) is -1.01. The summed E-state index contributed by atoms with van der Waals surface area (Å²) >= 11 is 0. The van der Waals surface area contributed by atoms with Crippen LogP contribution in [0.5, 0.6) is 0 Å². The van der Waals surface area contributed by atoms with Gasteiger partial charge in [-0.2, -0.15) is 0 Å². The van der Waals surface area contributed by atoms with Crippen LogP contribution in [0.2, 0.25) is 0 Å². The van der Waals surface area contributed by atoms with Crippen molar-refractivity contribution in [3.8, 4) is 0 Å². The van der Waals surface area contributed by atoms with Crippen molar-refractivity contribution in [2.75, 3.05) is 18.6 Å². The first-order valence-electron chi connectivity index (χ1n) is 6.23. The van der Waals surface area contributed by atoms with Gasteiger partial charge in [0.15, 0.2) is 9.84 Å². The third-order valence-corrected chi connectivity index (χ3v) is 5.29. The van der Waals surface area contributed by atoms with E-state index in [4.69, 9.17) is 10.0 Å². The Hall–Kier alpha value is -0.885. The number of nitrogens with zero attached hydrogens (tertiary/aromatic N) is 1. The summed E-state index contributed by atoms with van der Waals surface area (Å²) in [5.41, 5.74) is 1.48. The fraction of sp³-hybridized carbons (Fsp3) is 0.500. The van der Waals surface area contributed by atoms with E-state index < -0.39 is 17.0 Å². The Morgan fingerprint density at radius 1 is 1.32 bits per heavy atom. The highest BCUT2D eigenvalue weighted by molar-refractivity contribution is 7.91. The highest BCUT2D eigenvalue weighted by Crippen LogP contribution is 2.18. The van der Waals surface area contributed by atoms with Crippen LogP contribution in [0.3, 0.4) is 0 Å². The summed E-state index contributed by atoms with van der Waals surface area (Å²) in [5.74, 6) is 0.509. The maximum absolute atomic E-state index is 11.4. The zero-order chi connectivity index (χ0) is 14.0. The number of hydrogen-bond acceptors (Lipinski definition) is 5. The van der Waals surface area contributed by atoms with Crippen molar-refractivity contribution >= 4 is 22.4 Å². The molecule has 0 amide bonds. The van der Waals surface area contributed by atoms with Gasteiger partial charge in [-0.05, 0) is 24.5 Å². The van der Waals surface area contributed by atoms with Crippen LogP contribution in [0.4, 0.5) is 0 Å². The lowest BCUT2D eigenvalue weighted by atomic mass is 9.80. The molecule has 0 aromatic heterocycles. The number of benzene rings is 1. The second kappa shape index (κ2) is 5.62. The van der Waals surface area contributed by atoms with E-state index in [1.807, 2.05) is 24.1 Å². The molecule has 1 atom stereocenters. The van der Waals surface area contributed by atoms with E-state index >= 15 is 0 Å². The molecule has 1 fully saturated rings. The summed E-state index contributed by atoms with van der Waals surface area (Å²) < 4.78 is 22.9. The third-order valence-electron chi connectivity index (χ3n) is 3.54. The van der Waals surface area contributed by atoms with E-state index in [9.17, 15) is 8.42 Å². The highest BCUT2D eigenvalue weighted by atomic mass is 32.2. The van der Waals surface area contributed by atoms with Crippen LogP contribution in [0.25, 0.3) is 0 Å². The standard InChI is InChI=1S/C12H18BNO4S/c1-14(12-6-7-19(17,18)9-12)8-10-2-4-11(5-3-10)13(15)16/h2-5,12,15-16H,6-9H2,1H3. The SMILES string of the molecule is CN(Cc1ccc(B(O)O)cc1)C1CCS(=O)(=O)C1. The first-order valence-corrected chi connectivity index (χ1v) is 8.05. The molecule has 1 aromatic rings. The van der Waals surface area contributed by atoms with Crippen LogP contribution < -0.4 is 5.46 Å². The molecule has 2 N–H and O–H groups in total. The zero-order valence-electron chi connectivity index (χ0n) is 10.9. The van der Waals surface area contributed by atoms with Crippen LogP contribution in [0, 0.1) is 0 Å². The molecule has 1 aromatic carbocycles. The van der Waals surface area contributed by atoms with Crippen LogP contribution in [0.15, 0.2) is 24.3 Å². The molecule has 1 aliphatic rings. The Labute approximate surface area is 113 Å². The van der Waals surface area contributed by atoms with Crippen LogP contribution in [-0.2, 0) is 16.4 Å². The van der Waals surface area contributed by atoms with Gasteiger partial charge in [-0.3, -0.25) is 4.90 Å². The Bertz CT molecular complexity index is 529. The highest BCUT2D eigenvalue weighted by Gasteiger charge is 2.30. The Morgan fingerprint density at radius 3 is 2.42 bits per heavy atom. The maximum Gasteiger partial charge on any atom is 0.488 e. The van der Waals surface area contributed by atoms with Gasteiger partial charge in [0.2, 0.25) is 0 Å². The van der Waals surface area contributed by atoms with E-state index in [0.717, 1.165) is 5.56 Å². The van der Waals surface area contributed by atoms with Crippen molar-refractivity contribution in [1.29, 1.82) is 0 Å². The largest absolute Gasteiger partial charge is 0.488 e. The zero-order valence-corrected chi connectivity index (χ0v) is 11.7. The summed E-state index contributed by atoms with van der Waals surface area (Å²) in [6.07, 6.45) is 0.687. The third kappa shape index (κ3) is 3.79. The Morgan fingerprint density at radius 2 is 1.95 bits per heavy atom. The lowest BCUT2D eigenvalue weighted by molar-refractivity contribution is 0.254. The molecule has 0 radical (unpaired) electrons. The molecular formula is C12H18BNO4S. The molecule has 0 saturated carbocycles. The molecule has 0 bridgehead atoms. The summed E-state index contributed by atoms with van der Waals surface area (Å²) in [7, 11) is -2.39. The fourth-order valence-corrected chi connectivity index (χ4v) is 4.14. The number of rotatable bonds is 4. The second-order valence-electron chi connectivity index (χ2n) is 5.09. The van der Waals surface area contributed by atoms with Gasteiger partial charge in [0.05, 0.1) is 11.5 Å². The van der Waals surface area contributed by atoms with E-state index in [0.29, 0.717) is 18.4 Å². The predicted molar refractivity (Wildman–Crippen MR) is 74.8 cm³/mol. The first kappa shape index (κ1) is 14.5. The van der Waals surface area contributed by atoms with E-state index in [-0.39, 0.29) is 17.5 Å². The van der Waals surface area contributed by atoms with Gasteiger partial charge in [0, 0.05) is 12.6 Å². The second-order valence-corrected chi connectivity index (χ2v) is 7.32. The molecule has 1 heterocycles. The lowest BCUT2D eigenvalue weighted by Crippen LogP contribution is -2.32. The molecular weight excluding hydrogens is 265 g/mol. The molecule has 0 aliphatic carbocycles. The Kier molecular flexibility index (Phi) is 4.30. The average Bonchev–Trinajstić information content (AvgIpc) is 2.70. The summed E-state index contributed by atoms with van der Waals surface area (Å²) in [4.78, 5) is 2.04.